The summed E-state index contributed by atoms with van der Waals surface area (Å²) in [6.45, 7) is 2.73. The van der Waals surface area contributed by atoms with Gasteiger partial charge in [0.1, 0.15) is 5.65 Å². The van der Waals surface area contributed by atoms with Crippen molar-refractivity contribution in [3.8, 4) is 0 Å². The number of aromatic amines is 1. The molecule has 2 aromatic rings. The summed E-state index contributed by atoms with van der Waals surface area (Å²) < 4.78 is 0. The number of rotatable bonds is 7. The molecule has 2 aromatic heterocycles. The van der Waals surface area contributed by atoms with Gasteiger partial charge in [0, 0.05) is 29.9 Å². The van der Waals surface area contributed by atoms with Crippen LogP contribution in [0.15, 0.2) is 24.5 Å². The summed E-state index contributed by atoms with van der Waals surface area (Å²) in [5.41, 5.74) is 1.73. The summed E-state index contributed by atoms with van der Waals surface area (Å²) >= 11 is 0. The van der Waals surface area contributed by atoms with Crippen LogP contribution >= 0.6 is 0 Å². The molecule has 2 heterocycles. The van der Waals surface area contributed by atoms with Crippen LogP contribution in [0.4, 0.5) is 0 Å². The number of carboxylic acid groups (broad SMARTS) is 1. The SMILES string of the molecule is CCN(CC(=O)O)C1CC(NC(=O)Cc2c[nH]c3ncccc23)C1. The highest BCUT2D eigenvalue weighted by molar-refractivity contribution is 5.87. The van der Waals surface area contributed by atoms with E-state index in [0.29, 0.717) is 13.0 Å². The number of nitrogens with one attached hydrogen (secondary N) is 2. The Labute approximate surface area is 140 Å². The average molecular weight is 330 g/mol. The highest BCUT2D eigenvalue weighted by Crippen LogP contribution is 2.26. The molecule has 1 fully saturated rings. The minimum atomic E-state index is -0.808. The Hall–Kier alpha value is -2.41. The average Bonchev–Trinajstić information content (AvgIpc) is 2.91. The minimum absolute atomic E-state index is 0.00974. The monoisotopic (exact) mass is 330 g/mol. The van der Waals surface area contributed by atoms with Crippen LogP contribution in [0.1, 0.15) is 25.3 Å². The topological polar surface area (TPSA) is 98.3 Å². The molecular formula is C17H22N4O3. The molecule has 0 bridgehead atoms. The van der Waals surface area contributed by atoms with E-state index in [1.54, 1.807) is 6.20 Å². The minimum Gasteiger partial charge on any atom is -0.480 e. The Balaban J connectivity index is 1.49. The molecule has 7 nitrogen and oxygen atoms in total. The molecule has 3 N–H and O–H groups in total. The number of aromatic nitrogens is 2. The first-order chi connectivity index (χ1) is 11.6. The number of carboxylic acids is 1. The van der Waals surface area contributed by atoms with Gasteiger partial charge in [0.15, 0.2) is 0 Å². The van der Waals surface area contributed by atoms with E-state index in [1.807, 2.05) is 30.2 Å². The fourth-order valence-electron chi connectivity index (χ4n) is 3.29. The van der Waals surface area contributed by atoms with E-state index in [2.05, 4.69) is 15.3 Å². The van der Waals surface area contributed by atoms with Crippen molar-refractivity contribution in [2.24, 2.45) is 0 Å². The van der Waals surface area contributed by atoms with Gasteiger partial charge in [-0.3, -0.25) is 14.5 Å². The summed E-state index contributed by atoms with van der Waals surface area (Å²) in [7, 11) is 0. The molecule has 24 heavy (non-hydrogen) atoms. The summed E-state index contributed by atoms with van der Waals surface area (Å²) in [5, 5.41) is 12.9. The number of nitrogens with zero attached hydrogens (tertiary/aromatic N) is 2. The van der Waals surface area contributed by atoms with Gasteiger partial charge in [-0.1, -0.05) is 6.92 Å². The van der Waals surface area contributed by atoms with Crippen LogP contribution in [0.2, 0.25) is 0 Å². The Bertz CT molecular complexity index is 736. The van der Waals surface area contributed by atoms with E-state index in [9.17, 15) is 9.59 Å². The number of H-pyrrole nitrogens is 1. The fourth-order valence-corrected chi connectivity index (χ4v) is 3.29. The quantitative estimate of drug-likeness (QED) is 0.707. The molecule has 3 rings (SSSR count). The molecule has 0 saturated heterocycles. The predicted octanol–water partition coefficient (Wildman–Crippen LogP) is 1.16. The van der Waals surface area contributed by atoms with Crippen molar-refractivity contribution in [3.05, 3.63) is 30.1 Å². The number of hydrogen-bond donors (Lipinski definition) is 3. The molecule has 1 saturated carbocycles. The van der Waals surface area contributed by atoms with Crippen LogP contribution in [0.5, 0.6) is 0 Å². The van der Waals surface area contributed by atoms with Crippen molar-refractivity contribution in [1.82, 2.24) is 20.2 Å². The number of pyridine rings is 1. The van der Waals surface area contributed by atoms with Crippen molar-refractivity contribution in [1.29, 1.82) is 0 Å². The van der Waals surface area contributed by atoms with Gasteiger partial charge in [-0.25, -0.2) is 4.98 Å². The van der Waals surface area contributed by atoms with Gasteiger partial charge in [0.05, 0.1) is 13.0 Å². The maximum atomic E-state index is 12.2. The second-order valence-electron chi connectivity index (χ2n) is 6.24. The molecule has 0 radical (unpaired) electrons. The zero-order valence-electron chi connectivity index (χ0n) is 13.7. The molecule has 1 amide bonds. The van der Waals surface area contributed by atoms with Crippen molar-refractivity contribution in [2.45, 2.75) is 38.3 Å². The van der Waals surface area contributed by atoms with E-state index in [-0.39, 0.29) is 24.5 Å². The number of amides is 1. The lowest BCUT2D eigenvalue weighted by Gasteiger charge is -2.42. The molecule has 0 atom stereocenters. The fraction of sp³-hybridized carbons (Fsp3) is 0.471. The van der Waals surface area contributed by atoms with Gasteiger partial charge >= 0.3 is 5.97 Å². The zero-order chi connectivity index (χ0) is 17.1. The van der Waals surface area contributed by atoms with Gasteiger partial charge in [0.2, 0.25) is 5.91 Å². The lowest BCUT2D eigenvalue weighted by atomic mass is 9.85. The standard InChI is InChI=1S/C17H22N4O3/c1-2-21(10-16(23)24)13-7-12(8-13)20-15(22)6-11-9-19-17-14(11)4-3-5-18-17/h3-5,9,12-13H,2,6-8,10H2,1H3,(H,18,19)(H,20,22)(H,23,24). The van der Waals surface area contributed by atoms with Crippen molar-refractivity contribution in [2.75, 3.05) is 13.1 Å². The highest BCUT2D eigenvalue weighted by atomic mass is 16.4. The number of carbonyl (C=O) groups is 2. The summed E-state index contributed by atoms with van der Waals surface area (Å²) in [5.74, 6) is -0.818. The normalized spacial score (nSPS) is 20.1. The Morgan fingerprint density at radius 3 is 2.96 bits per heavy atom. The van der Waals surface area contributed by atoms with Crippen molar-refractivity contribution < 1.29 is 14.7 Å². The lowest BCUT2D eigenvalue weighted by Crippen LogP contribution is -2.55. The van der Waals surface area contributed by atoms with E-state index < -0.39 is 5.97 Å². The first kappa shape index (κ1) is 16.4. The number of likely N-dealkylation sites (N-methyl/N-ethyl adjacent to an activating group) is 1. The van der Waals surface area contributed by atoms with E-state index in [1.165, 1.54) is 0 Å². The van der Waals surface area contributed by atoms with Crippen LogP contribution in [0.3, 0.4) is 0 Å². The van der Waals surface area contributed by atoms with Crippen LogP contribution in [0, 0.1) is 0 Å². The maximum Gasteiger partial charge on any atom is 0.317 e. The van der Waals surface area contributed by atoms with E-state index in [0.717, 1.165) is 29.4 Å². The molecule has 0 aromatic carbocycles. The van der Waals surface area contributed by atoms with Crippen molar-refractivity contribution in [3.63, 3.8) is 0 Å². The van der Waals surface area contributed by atoms with Gasteiger partial charge < -0.3 is 15.4 Å². The third-order valence-electron chi connectivity index (χ3n) is 4.63. The number of aliphatic carboxylic acids is 1. The molecule has 0 spiro atoms. The van der Waals surface area contributed by atoms with Gasteiger partial charge in [0.25, 0.3) is 0 Å². The highest BCUT2D eigenvalue weighted by Gasteiger charge is 2.34. The van der Waals surface area contributed by atoms with Crippen LogP contribution in [-0.4, -0.2) is 57.0 Å². The number of hydrogen-bond acceptors (Lipinski definition) is 4. The van der Waals surface area contributed by atoms with Crippen LogP contribution in [0.25, 0.3) is 11.0 Å². The molecule has 1 aliphatic rings. The smallest absolute Gasteiger partial charge is 0.317 e. The second kappa shape index (κ2) is 7.00. The van der Waals surface area contributed by atoms with Gasteiger partial charge in [-0.2, -0.15) is 0 Å². The van der Waals surface area contributed by atoms with Gasteiger partial charge in [-0.15, -0.1) is 0 Å². The Morgan fingerprint density at radius 1 is 1.46 bits per heavy atom. The van der Waals surface area contributed by atoms with E-state index >= 15 is 0 Å². The second-order valence-corrected chi connectivity index (χ2v) is 6.24. The summed E-state index contributed by atoms with van der Waals surface area (Å²) in [6.07, 6.45) is 5.48. The largest absolute Gasteiger partial charge is 0.480 e. The summed E-state index contributed by atoms with van der Waals surface area (Å²) in [4.78, 5) is 32.3. The molecule has 128 valence electrons. The first-order valence-corrected chi connectivity index (χ1v) is 8.23. The van der Waals surface area contributed by atoms with Crippen LogP contribution < -0.4 is 5.32 Å². The molecule has 1 aliphatic carbocycles. The molecule has 7 heteroatoms. The lowest BCUT2D eigenvalue weighted by molar-refractivity contribution is -0.139. The third kappa shape index (κ3) is 3.56. The van der Waals surface area contributed by atoms with Crippen molar-refractivity contribution >= 4 is 22.9 Å². The number of fused-ring (bicyclic) bond motifs is 1. The molecule has 0 aliphatic heterocycles. The maximum absolute atomic E-state index is 12.2. The van der Waals surface area contributed by atoms with E-state index in [4.69, 9.17) is 5.11 Å². The zero-order valence-corrected chi connectivity index (χ0v) is 13.7. The summed E-state index contributed by atoms with van der Waals surface area (Å²) in [6, 6.07) is 4.18. The van der Waals surface area contributed by atoms with Crippen LogP contribution in [-0.2, 0) is 16.0 Å². The molecule has 0 unspecified atom stereocenters. The number of carbonyl (C=O) groups excluding carboxylic acids is 1. The third-order valence-corrected chi connectivity index (χ3v) is 4.63. The van der Waals surface area contributed by atoms with Gasteiger partial charge in [-0.05, 0) is 37.1 Å². The molecular weight excluding hydrogens is 308 g/mol. The Kier molecular flexibility index (Phi) is 4.80. The Morgan fingerprint density at radius 2 is 2.25 bits per heavy atom. The first-order valence-electron chi connectivity index (χ1n) is 8.23. The predicted molar refractivity (Wildman–Crippen MR) is 89.6 cm³/mol.